The summed E-state index contributed by atoms with van der Waals surface area (Å²) in [4.78, 5) is 4.82. The first-order valence-electron chi connectivity index (χ1n) is 9.25. The lowest BCUT2D eigenvalue weighted by atomic mass is 9.78. The number of ether oxygens (including phenoxy) is 1. The number of nitrogens with one attached hydrogen (secondary N) is 2. The Morgan fingerprint density at radius 2 is 1.96 bits per heavy atom. The molecule has 1 aromatic rings. The van der Waals surface area contributed by atoms with Crippen LogP contribution >= 0.6 is 24.0 Å². The molecule has 1 aliphatic heterocycles. The van der Waals surface area contributed by atoms with Crippen molar-refractivity contribution in [2.75, 3.05) is 26.2 Å². The number of aromatic nitrogens is 1. The first-order valence-corrected chi connectivity index (χ1v) is 9.25. The van der Waals surface area contributed by atoms with E-state index in [2.05, 4.69) is 67.4 Å². The van der Waals surface area contributed by atoms with Crippen LogP contribution in [0.3, 0.4) is 0 Å². The number of hydrogen-bond donors (Lipinski definition) is 2. The molecule has 1 saturated heterocycles. The van der Waals surface area contributed by atoms with Gasteiger partial charge in [-0.2, -0.15) is 0 Å². The van der Waals surface area contributed by atoms with Gasteiger partial charge in [-0.15, -0.1) is 24.0 Å². The highest BCUT2D eigenvalue weighted by molar-refractivity contribution is 14.0. The van der Waals surface area contributed by atoms with Crippen molar-refractivity contribution in [3.63, 3.8) is 0 Å². The van der Waals surface area contributed by atoms with Crippen LogP contribution in [0.25, 0.3) is 0 Å². The van der Waals surface area contributed by atoms with Crippen molar-refractivity contribution < 1.29 is 4.74 Å². The molecule has 1 aliphatic rings. The molecular weight excluding hydrogens is 427 g/mol. The zero-order valence-corrected chi connectivity index (χ0v) is 18.5. The van der Waals surface area contributed by atoms with Gasteiger partial charge < -0.3 is 19.9 Å². The molecule has 5 nitrogen and oxygen atoms in total. The number of rotatable bonds is 6. The normalized spacial score (nSPS) is 21.5. The summed E-state index contributed by atoms with van der Waals surface area (Å²) in [6.45, 7) is 13.3. The van der Waals surface area contributed by atoms with Crippen LogP contribution in [-0.2, 0) is 11.3 Å². The highest BCUT2D eigenvalue weighted by atomic mass is 127. The molecule has 2 rings (SSSR count). The van der Waals surface area contributed by atoms with E-state index in [4.69, 9.17) is 9.73 Å². The van der Waals surface area contributed by atoms with Crippen molar-refractivity contribution in [1.29, 1.82) is 0 Å². The molecule has 2 unspecified atom stereocenters. The van der Waals surface area contributed by atoms with E-state index in [1.165, 1.54) is 6.42 Å². The Bertz CT molecular complexity index is 496. The second-order valence-electron chi connectivity index (χ2n) is 7.63. The zero-order valence-electron chi connectivity index (χ0n) is 16.1. The first-order chi connectivity index (χ1) is 11.5. The summed E-state index contributed by atoms with van der Waals surface area (Å²) < 4.78 is 8.23. The van der Waals surface area contributed by atoms with Gasteiger partial charge in [-0.05, 0) is 37.3 Å². The van der Waals surface area contributed by atoms with E-state index >= 15 is 0 Å². The van der Waals surface area contributed by atoms with Crippen LogP contribution in [0.1, 0.15) is 40.5 Å². The highest BCUT2D eigenvalue weighted by Gasteiger charge is 2.35. The molecule has 6 heteroatoms. The Labute approximate surface area is 170 Å². The lowest BCUT2D eigenvalue weighted by Crippen LogP contribution is -2.43. The smallest absolute Gasteiger partial charge is 0.191 e. The van der Waals surface area contributed by atoms with Gasteiger partial charge >= 0.3 is 0 Å². The van der Waals surface area contributed by atoms with Gasteiger partial charge in [-0.3, -0.25) is 4.99 Å². The summed E-state index contributed by atoms with van der Waals surface area (Å²) in [6.07, 6.45) is 6.80. The van der Waals surface area contributed by atoms with Crippen molar-refractivity contribution in [3.05, 3.63) is 24.5 Å². The number of aliphatic imine (C=N–C) groups is 1. The summed E-state index contributed by atoms with van der Waals surface area (Å²) in [5.74, 6) is 1.40. The average Bonchev–Trinajstić information content (AvgIpc) is 3.05. The van der Waals surface area contributed by atoms with E-state index in [1.54, 1.807) is 0 Å². The van der Waals surface area contributed by atoms with Gasteiger partial charge in [0.1, 0.15) is 0 Å². The van der Waals surface area contributed by atoms with Crippen LogP contribution in [0.2, 0.25) is 0 Å². The Morgan fingerprint density at radius 3 is 2.60 bits per heavy atom. The molecule has 0 saturated carbocycles. The van der Waals surface area contributed by atoms with Crippen molar-refractivity contribution in [2.45, 2.75) is 53.2 Å². The summed E-state index contributed by atoms with van der Waals surface area (Å²) in [5.41, 5.74) is 0.167. The third kappa shape index (κ3) is 7.56. The Balaban J connectivity index is 0.00000312. The lowest BCUT2D eigenvalue weighted by Gasteiger charge is -2.39. The molecule has 1 fully saturated rings. The van der Waals surface area contributed by atoms with E-state index in [1.807, 2.05) is 0 Å². The molecule has 0 radical (unpaired) electrons. The predicted octanol–water partition coefficient (Wildman–Crippen LogP) is 3.50. The van der Waals surface area contributed by atoms with Crippen LogP contribution in [0.15, 0.2) is 29.5 Å². The van der Waals surface area contributed by atoms with Gasteiger partial charge in [0.15, 0.2) is 5.96 Å². The zero-order chi connectivity index (χ0) is 17.4. The highest BCUT2D eigenvalue weighted by Crippen LogP contribution is 2.34. The van der Waals surface area contributed by atoms with E-state index in [0.29, 0.717) is 5.92 Å². The van der Waals surface area contributed by atoms with Gasteiger partial charge in [0, 0.05) is 51.1 Å². The van der Waals surface area contributed by atoms with Crippen molar-refractivity contribution in [3.8, 4) is 0 Å². The van der Waals surface area contributed by atoms with Gasteiger partial charge in [0.05, 0.1) is 6.10 Å². The molecular formula is C19H35IN4O. The van der Waals surface area contributed by atoms with Crippen molar-refractivity contribution in [2.24, 2.45) is 16.3 Å². The monoisotopic (exact) mass is 462 g/mol. The van der Waals surface area contributed by atoms with Gasteiger partial charge in [-0.25, -0.2) is 0 Å². The molecule has 144 valence electrons. The minimum Gasteiger partial charge on any atom is -0.377 e. The van der Waals surface area contributed by atoms with Crippen LogP contribution in [0.4, 0.5) is 0 Å². The fraction of sp³-hybridized carbons (Fsp3) is 0.737. The summed E-state index contributed by atoms with van der Waals surface area (Å²) in [7, 11) is 0. The SMILES string of the molecule is CCNC(=NCC1CCCOC1C(C)(C)C)NCCn1cccc1.I. The molecule has 2 N–H and O–H groups in total. The number of nitrogens with zero attached hydrogens (tertiary/aromatic N) is 2. The third-order valence-electron chi connectivity index (χ3n) is 4.46. The minimum atomic E-state index is 0. The average molecular weight is 462 g/mol. The maximum atomic E-state index is 6.06. The van der Waals surface area contributed by atoms with E-state index < -0.39 is 0 Å². The van der Waals surface area contributed by atoms with Crippen LogP contribution in [0.5, 0.6) is 0 Å². The van der Waals surface area contributed by atoms with E-state index in [-0.39, 0.29) is 35.5 Å². The Kier molecular flexibility index (Phi) is 9.86. The third-order valence-corrected chi connectivity index (χ3v) is 4.46. The topological polar surface area (TPSA) is 50.6 Å². The quantitative estimate of drug-likeness (QED) is 0.387. The lowest BCUT2D eigenvalue weighted by molar-refractivity contribution is -0.0823. The second-order valence-corrected chi connectivity index (χ2v) is 7.63. The minimum absolute atomic E-state index is 0. The molecule has 0 amide bonds. The molecule has 25 heavy (non-hydrogen) atoms. The van der Waals surface area contributed by atoms with Crippen LogP contribution < -0.4 is 10.6 Å². The first kappa shape index (κ1) is 22.3. The summed E-state index contributed by atoms with van der Waals surface area (Å²) in [6, 6.07) is 4.10. The van der Waals surface area contributed by atoms with Crippen LogP contribution in [-0.4, -0.2) is 42.9 Å². The molecule has 2 heterocycles. The maximum absolute atomic E-state index is 6.06. The standard InChI is InChI=1S/C19H34N4O.HI/c1-5-20-18(21-10-13-23-11-6-7-12-23)22-15-16-9-8-14-24-17(16)19(2,3)4;/h6-7,11-12,16-17H,5,8-10,13-15H2,1-4H3,(H2,20,21,22);1H. The molecule has 0 spiro atoms. The fourth-order valence-electron chi connectivity index (χ4n) is 3.36. The summed E-state index contributed by atoms with van der Waals surface area (Å²) >= 11 is 0. The largest absolute Gasteiger partial charge is 0.377 e. The summed E-state index contributed by atoms with van der Waals surface area (Å²) in [5, 5.41) is 6.77. The fourth-order valence-corrected chi connectivity index (χ4v) is 3.36. The van der Waals surface area contributed by atoms with Crippen molar-refractivity contribution >= 4 is 29.9 Å². The maximum Gasteiger partial charge on any atom is 0.191 e. The van der Waals surface area contributed by atoms with E-state index in [0.717, 1.165) is 45.2 Å². The molecule has 0 aliphatic carbocycles. The Morgan fingerprint density at radius 1 is 1.24 bits per heavy atom. The predicted molar refractivity (Wildman–Crippen MR) is 116 cm³/mol. The van der Waals surface area contributed by atoms with Crippen LogP contribution in [0, 0.1) is 11.3 Å². The second kappa shape index (κ2) is 11.1. The number of guanidine groups is 1. The number of hydrogen-bond acceptors (Lipinski definition) is 2. The van der Waals surface area contributed by atoms with E-state index in [9.17, 15) is 0 Å². The van der Waals surface area contributed by atoms with Gasteiger partial charge in [0.2, 0.25) is 0 Å². The molecule has 0 bridgehead atoms. The van der Waals surface area contributed by atoms with Crippen molar-refractivity contribution in [1.82, 2.24) is 15.2 Å². The molecule has 1 aromatic heterocycles. The molecule has 0 aromatic carbocycles. The molecule has 2 atom stereocenters. The van der Waals surface area contributed by atoms with Gasteiger partial charge in [0.25, 0.3) is 0 Å². The Hall–Kier alpha value is -0.760. The number of halogens is 1. The van der Waals surface area contributed by atoms with Gasteiger partial charge in [-0.1, -0.05) is 20.8 Å².